The predicted molar refractivity (Wildman–Crippen MR) is 103 cm³/mol. The van der Waals surface area contributed by atoms with E-state index in [4.69, 9.17) is 0 Å². The van der Waals surface area contributed by atoms with Gasteiger partial charge in [-0.2, -0.15) is 0 Å². The Labute approximate surface area is 163 Å². The van der Waals surface area contributed by atoms with E-state index in [1.54, 1.807) is 0 Å². The minimum atomic E-state index is -0.545. The number of quaternary nitrogens is 1. The first kappa shape index (κ1) is 20.5. The van der Waals surface area contributed by atoms with Gasteiger partial charge >= 0.3 is 0 Å². The van der Waals surface area contributed by atoms with Gasteiger partial charge in [0.2, 0.25) is 5.91 Å². The van der Waals surface area contributed by atoms with Crippen LogP contribution in [0.4, 0.5) is 5.69 Å². The van der Waals surface area contributed by atoms with Gasteiger partial charge in [0.1, 0.15) is 5.41 Å². The Morgan fingerprint density at radius 3 is 2.15 bits per heavy atom. The second-order valence-electron chi connectivity index (χ2n) is 6.81. The van der Waals surface area contributed by atoms with Crippen molar-refractivity contribution in [1.29, 1.82) is 0 Å². The summed E-state index contributed by atoms with van der Waals surface area (Å²) in [5.41, 5.74) is 2.80. The third-order valence-corrected chi connectivity index (χ3v) is 5.75. The maximum Gasteiger partial charge on any atom is 0.242 e. The van der Waals surface area contributed by atoms with Gasteiger partial charge in [0.05, 0.1) is 26.2 Å². The maximum absolute atomic E-state index is 13.6. The lowest BCUT2D eigenvalue weighted by molar-refractivity contribution is -0.894. The molecule has 1 aliphatic heterocycles. The predicted octanol–water partition coefficient (Wildman–Crippen LogP) is -0.342. The molecule has 1 aliphatic rings. The molecule has 140 valence electrons. The molecular formula is C22H29ClN2O. The minimum absolute atomic E-state index is 0. The number of carbonyl (C=O) groups is 1. The Kier molecular flexibility index (Phi) is 6.85. The molecule has 0 aromatic heterocycles. The largest absolute Gasteiger partial charge is 1.00 e. The molecule has 0 saturated carbocycles. The van der Waals surface area contributed by atoms with Gasteiger partial charge in [-0.05, 0) is 37.5 Å². The molecule has 2 aromatic carbocycles. The normalized spacial score (nSPS) is 18.8. The zero-order valence-electron chi connectivity index (χ0n) is 16.0. The van der Waals surface area contributed by atoms with Crippen molar-refractivity contribution in [1.82, 2.24) is 0 Å². The number of anilines is 1. The summed E-state index contributed by atoms with van der Waals surface area (Å²) in [4.78, 5) is 17.2. The number of halogens is 1. The van der Waals surface area contributed by atoms with Gasteiger partial charge in [-0.25, -0.2) is 0 Å². The van der Waals surface area contributed by atoms with E-state index in [1.807, 2.05) is 29.2 Å². The van der Waals surface area contributed by atoms with Crippen LogP contribution in [0, 0.1) is 0 Å². The van der Waals surface area contributed by atoms with Crippen molar-refractivity contribution in [3.8, 4) is 0 Å². The molecule has 0 aliphatic carbocycles. The summed E-state index contributed by atoms with van der Waals surface area (Å²) in [5, 5.41) is 0. The number of amides is 1. The molecule has 0 spiro atoms. The first-order chi connectivity index (χ1) is 12.2. The van der Waals surface area contributed by atoms with E-state index in [1.165, 1.54) is 4.90 Å². The van der Waals surface area contributed by atoms with Crippen molar-refractivity contribution >= 4 is 11.6 Å². The first-order valence-electron chi connectivity index (χ1n) is 9.49. The van der Waals surface area contributed by atoms with Gasteiger partial charge in [-0.15, -0.1) is 0 Å². The van der Waals surface area contributed by atoms with Crippen molar-refractivity contribution in [2.45, 2.75) is 32.6 Å². The van der Waals surface area contributed by atoms with Gasteiger partial charge in [-0.1, -0.05) is 55.5 Å². The Balaban J connectivity index is 0.00000243. The van der Waals surface area contributed by atoms with Crippen LogP contribution in [-0.2, 0) is 10.2 Å². The van der Waals surface area contributed by atoms with Gasteiger partial charge < -0.3 is 22.2 Å². The van der Waals surface area contributed by atoms with Crippen LogP contribution in [0.1, 0.15) is 38.3 Å². The van der Waals surface area contributed by atoms with Crippen LogP contribution in [-0.4, -0.2) is 32.1 Å². The van der Waals surface area contributed by atoms with Crippen LogP contribution in [0.15, 0.2) is 54.6 Å². The third kappa shape index (κ3) is 3.26. The van der Waals surface area contributed by atoms with Crippen molar-refractivity contribution in [3.63, 3.8) is 0 Å². The SMILES string of the molecule is CC[NH+](CC)CCN1C(=O)C(CC)(c2ccccc2)c2ccccc21.[Cl-]. The Hall–Kier alpha value is -1.84. The highest BCUT2D eigenvalue weighted by Gasteiger charge is 2.50. The molecule has 1 unspecified atom stereocenters. The Morgan fingerprint density at radius 1 is 0.923 bits per heavy atom. The molecule has 1 atom stereocenters. The average Bonchev–Trinajstić information content (AvgIpc) is 2.92. The van der Waals surface area contributed by atoms with Crippen molar-refractivity contribution in [2.75, 3.05) is 31.1 Å². The number of para-hydroxylation sites is 1. The molecule has 0 saturated heterocycles. The van der Waals surface area contributed by atoms with Crippen molar-refractivity contribution < 1.29 is 22.1 Å². The van der Waals surface area contributed by atoms with Gasteiger partial charge in [0, 0.05) is 5.69 Å². The highest BCUT2D eigenvalue weighted by molar-refractivity contribution is 6.10. The van der Waals surface area contributed by atoms with E-state index in [-0.39, 0.29) is 18.3 Å². The van der Waals surface area contributed by atoms with Crippen LogP contribution in [0.3, 0.4) is 0 Å². The summed E-state index contributed by atoms with van der Waals surface area (Å²) in [5.74, 6) is 0.231. The molecule has 3 rings (SSSR count). The van der Waals surface area contributed by atoms with Crippen LogP contribution in [0.25, 0.3) is 0 Å². The smallest absolute Gasteiger partial charge is 0.242 e. The van der Waals surface area contributed by atoms with Gasteiger partial charge in [0.25, 0.3) is 0 Å². The molecule has 1 amide bonds. The Bertz CT molecular complexity index is 730. The molecular weight excluding hydrogens is 344 g/mol. The van der Waals surface area contributed by atoms with E-state index in [0.717, 1.165) is 49.4 Å². The molecule has 2 aromatic rings. The molecule has 3 nitrogen and oxygen atoms in total. The molecule has 0 fully saturated rings. The summed E-state index contributed by atoms with van der Waals surface area (Å²) in [6, 6.07) is 18.6. The van der Waals surface area contributed by atoms with Crippen LogP contribution >= 0.6 is 0 Å². The maximum atomic E-state index is 13.6. The second-order valence-corrected chi connectivity index (χ2v) is 6.81. The standard InChI is InChI=1S/C22H28N2O.ClH/c1-4-22(18-12-8-7-9-13-18)19-14-10-11-15-20(19)24(21(22)25)17-16-23(5-2)6-3;/h7-15H,4-6,16-17H2,1-3H3;1H. The number of benzene rings is 2. The lowest BCUT2D eigenvalue weighted by atomic mass is 9.73. The third-order valence-electron chi connectivity index (χ3n) is 5.75. The lowest BCUT2D eigenvalue weighted by Gasteiger charge is -2.28. The minimum Gasteiger partial charge on any atom is -1.00 e. The number of rotatable bonds is 7. The van der Waals surface area contributed by atoms with E-state index < -0.39 is 5.41 Å². The van der Waals surface area contributed by atoms with Crippen LogP contribution in [0.2, 0.25) is 0 Å². The van der Waals surface area contributed by atoms with E-state index in [0.29, 0.717) is 0 Å². The number of nitrogens with one attached hydrogen (secondary N) is 1. The molecule has 26 heavy (non-hydrogen) atoms. The van der Waals surface area contributed by atoms with Crippen LogP contribution in [0.5, 0.6) is 0 Å². The quantitative estimate of drug-likeness (QED) is 0.706. The van der Waals surface area contributed by atoms with E-state index >= 15 is 0 Å². The topological polar surface area (TPSA) is 24.8 Å². The Morgan fingerprint density at radius 2 is 1.54 bits per heavy atom. The number of likely N-dealkylation sites (N-methyl/N-ethyl adjacent to an activating group) is 1. The van der Waals surface area contributed by atoms with E-state index in [9.17, 15) is 4.79 Å². The lowest BCUT2D eigenvalue weighted by Crippen LogP contribution is -3.12. The second kappa shape index (κ2) is 8.70. The molecule has 4 heteroatoms. The summed E-state index contributed by atoms with van der Waals surface area (Å²) < 4.78 is 0. The molecule has 0 bridgehead atoms. The molecule has 1 N–H and O–H groups in total. The molecule has 1 heterocycles. The summed E-state index contributed by atoms with van der Waals surface area (Å²) in [6.07, 6.45) is 0.779. The number of carbonyl (C=O) groups excluding carboxylic acids is 1. The number of fused-ring (bicyclic) bond motifs is 1. The van der Waals surface area contributed by atoms with Crippen molar-refractivity contribution in [2.24, 2.45) is 0 Å². The number of hydrogen-bond donors (Lipinski definition) is 1. The monoisotopic (exact) mass is 372 g/mol. The van der Waals surface area contributed by atoms with Gasteiger partial charge in [-0.3, -0.25) is 4.79 Å². The highest BCUT2D eigenvalue weighted by Crippen LogP contribution is 2.47. The fourth-order valence-corrected chi connectivity index (χ4v) is 4.17. The summed E-state index contributed by atoms with van der Waals surface area (Å²) in [6.45, 7) is 10.5. The summed E-state index contributed by atoms with van der Waals surface area (Å²) >= 11 is 0. The van der Waals surface area contributed by atoms with Gasteiger partial charge in [0.15, 0.2) is 0 Å². The van der Waals surface area contributed by atoms with Crippen molar-refractivity contribution in [3.05, 3.63) is 65.7 Å². The average molecular weight is 373 g/mol. The fraction of sp³-hybridized carbons (Fsp3) is 0.409. The first-order valence-corrected chi connectivity index (χ1v) is 9.49. The molecule has 0 radical (unpaired) electrons. The highest BCUT2D eigenvalue weighted by atomic mass is 35.5. The summed E-state index contributed by atoms with van der Waals surface area (Å²) in [7, 11) is 0. The number of nitrogens with zero attached hydrogens (tertiary/aromatic N) is 1. The number of hydrogen-bond acceptors (Lipinski definition) is 1. The van der Waals surface area contributed by atoms with Crippen LogP contribution < -0.4 is 22.2 Å². The zero-order valence-corrected chi connectivity index (χ0v) is 16.7. The van der Waals surface area contributed by atoms with E-state index in [2.05, 4.69) is 51.1 Å². The zero-order chi connectivity index (χ0) is 17.9. The fourth-order valence-electron chi connectivity index (χ4n) is 4.17.